The van der Waals surface area contributed by atoms with E-state index in [1.807, 2.05) is 48.5 Å². The molecule has 0 saturated heterocycles. The van der Waals surface area contributed by atoms with Crippen molar-refractivity contribution in [2.75, 3.05) is 7.11 Å². The predicted octanol–water partition coefficient (Wildman–Crippen LogP) is 5.13. The quantitative estimate of drug-likeness (QED) is 0.314. The van der Waals surface area contributed by atoms with Gasteiger partial charge in [-0.1, -0.05) is 30.3 Å². The first kappa shape index (κ1) is 20.9. The van der Waals surface area contributed by atoms with Gasteiger partial charge in [0.25, 0.3) is 0 Å². The third kappa shape index (κ3) is 4.54. The Hall–Kier alpha value is -4.32. The summed E-state index contributed by atoms with van der Waals surface area (Å²) in [5, 5.41) is 20.2. The lowest BCUT2D eigenvalue weighted by molar-refractivity contribution is 0.104. The number of phenols is 2. The second-order valence-electron chi connectivity index (χ2n) is 7.09. The van der Waals surface area contributed by atoms with Crippen LogP contribution in [-0.4, -0.2) is 28.1 Å². The van der Waals surface area contributed by atoms with Crippen LogP contribution in [0.15, 0.2) is 79.0 Å². The second-order valence-corrected chi connectivity index (χ2v) is 7.09. The van der Waals surface area contributed by atoms with Crippen molar-refractivity contribution in [3.63, 3.8) is 0 Å². The molecule has 160 valence electrons. The molecule has 0 fully saturated rings. The molecule has 6 nitrogen and oxygen atoms in total. The third-order valence-electron chi connectivity index (χ3n) is 4.96. The molecule has 32 heavy (non-hydrogen) atoms. The SMILES string of the molecule is COc1ccc(/C=C/C(=O)c2ccc(O)cc2O)cc1COc1cccc2cccnc12. The molecule has 3 aromatic carbocycles. The number of para-hydroxylation sites is 1. The molecule has 0 amide bonds. The summed E-state index contributed by atoms with van der Waals surface area (Å²) in [6, 6.07) is 19.0. The number of nitrogens with zero attached hydrogens (tertiary/aromatic N) is 1. The van der Waals surface area contributed by atoms with Gasteiger partial charge in [0.2, 0.25) is 0 Å². The number of allylic oxidation sites excluding steroid dienone is 1. The fraction of sp³-hybridized carbons (Fsp3) is 0.0769. The van der Waals surface area contributed by atoms with Crippen LogP contribution in [0.2, 0.25) is 0 Å². The topological polar surface area (TPSA) is 88.9 Å². The van der Waals surface area contributed by atoms with E-state index in [1.54, 1.807) is 19.4 Å². The highest BCUT2D eigenvalue weighted by molar-refractivity contribution is 6.08. The van der Waals surface area contributed by atoms with Crippen molar-refractivity contribution in [1.29, 1.82) is 0 Å². The van der Waals surface area contributed by atoms with Gasteiger partial charge in [-0.05, 0) is 48.0 Å². The molecule has 2 N–H and O–H groups in total. The zero-order chi connectivity index (χ0) is 22.5. The molecule has 0 unspecified atom stereocenters. The van der Waals surface area contributed by atoms with Gasteiger partial charge in [0.15, 0.2) is 5.78 Å². The maximum atomic E-state index is 12.4. The average Bonchev–Trinajstić information content (AvgIpc) is 2.81. The van der Waals surface area contributed by atoms with E-state index in [2.05, 4.69) is 4.98 Å². The van der Waals surface area contributed by atoms with Gasteiger partial charge in [-0.15, -0.1) is 0 Å². The lowest BCUT2D eigenvalue weighted by Crippen LogP contribution is -2.00. The zero-order valence-corrected chi connectivity index (χ0v) is 17.4. The molecule has 1 aromatic heterocycles. The van der Waals surface area contributed by atoms with E-state index in [0.717, 1.165) is 28.1 Å². The highest BCUT2D eigenvalue weighted by Gasteiger charge is 2.10. The Morgan fingerprint density at radius 1 is 1.00 bits per heavy atom. The Morgan fingerprint density at radius 3 is 2.66 bits per heavy atom. The molecular weight excluding hydrogens is 406 g/mol. The Bertz CT molecular complexity index is 1310. The molecule has 0 aliphatic carbocycles. The van der Waals surface area contributed by atoms with Crippen molar-refractivity contribution in [2.45, 2.75) is 6.61 Å². The van der Waals surface area contributed by atoms with Crippen LogP contribution in [0.4, 0.5) is 0 Å². The summed E-state index contributed by atoms with van der Waals surface area (Å²) in [6.45, 7) is 0.257. The van der Waals surface area contributed by atoms with E-state index in [1.165, 1.54) is 18.2 Å². The van der Waals surface area contributed by atoms with Crippen LogP contribution in [-0.2, 0) is 6.61 Å². The fourth-order valence-corrected chi connectivity index (χ4v) is 3.35. The third-order valence-corrected chi connectivity index (χ3v) is 4.96. The Labute approximate surface area is 185 Å². The summed E-state index contributed by atoms with van der Waals surface area (Å²) in [5.74, 6) is 0.580. The number of rotatable bonds is 7. The van der Waals surface area contributed by atoms with Gasteiger partial charge < -0.3 is 19.7 Å². The normalized spacial score (nSPS) is 11.0. The minimum Gasteiger partial charge on any atom is -0.508 e. The van der Waals surface area contributed by atoms with E-state index in [-0.39, 0.29) is 29.5 Å². The van der Waals surface area contributed by atoms with Crippen LogP contribution in [0.3, 0.4) is 0 Å². The Kier molecular flexibility index (Phi) is 6.03. The second kappa shape index (κ2) is 9.22. The molecule has 4 aromatic rings. The lowest BCUT2D eigenvalue weighted by atomic mass is 10.1. The van der Waals surface area contributed by atoms with E-state index in [0.29, 0.717) is 11.5 Å². The van der Waals surface area contributed by atoms with Gasteiger partial charge in [0, 0.05) is 23.2 Å². The highest BCUT2D eigenvalue weighted by Crippen LogP contribution is 2.27. The van der Waals surface area contributed by atoms with Gasteiger partial charge in [-0.2, -0.15) is 0 Å². The van der Waals surface area contributed by atoms with Crippen molar-refractivity contribution in [3.8, 4) is 23.0 Å². The number of methoxy groups -OCH3 is 1. The first-order valence-electron chi connectivity index (χ1n) is 9.93. The standard InChI is InChI=1S/C26H21NO5/c1-31-24-12-8-17(7-11-22(29)21-10-9-20(28)15-23(21)30)14-19(24)16-32-25-6-2-4-18-5-3-13-27-26(18)25/h2-15,28,30H,16H2,1H3/b11-7+. The van der Waals surface area contributed by atoms with Gasteiger partial charge >= 0.3 is 0 Å². The smallest absolute Gasteiger partial charge is 0.189 e. The number of ether oxygens (including phenoxy) is 2. The summed E-state index contributed by atoms with van der Waals surface area (Å²) in [6.07, 6.45) is 4.74. The Morgan fingerprint density at radius 2 is 1.84 bits per heavy atom. The Balaban J connectivity index is 1.54. The van der Waals surface area contributed by atoms with E-state index in [9.17, 15) is 15.0 Å². The number of pyridine rings is 1. The fourth-order valence-electron chi connectivity index (χ4n) is 3.35. The number of ketones is 1. The van der Waals surface area contributed by atoms with Gasteiger partial charge in [-0.25, -0.2) is 0 Å². The summed E-state index contributed by atoms with van der Waals surface area (Å²) in [5.41, 5.74) is 2.47. The van der Waals surface area contributed by atoms with Crippen molar-refractivity contribution in [3.05, 3.63) is 95.7 Å². The molecule has 0 spiro atoms. The molecule has 6 heteroatoms. The molecular formula is C26H21NO5. The number of carbonyl (C=O) groups is 1. The number of aromatic hydroxyl groups is 2. The van der Waals surface area contributed by atoms with Crippen molar-refractivity contribution in [2.24, 2.45) is 0 Å². The van der Waals surface area contributed by atoms with Crippen LogP contribution in [0.5, 0.6) is 23.0 Å². The summed E-state index contributed by atoms with van der Waals surface area (Å²) >= 11 is 0. The number of hydrogen-bond donors (Lipinski definition) is 2. The summed E-state index contributed by atoms with van der Waals surface area (Å²) in [4.78, 5) is 16.8. The van der Waals surface area contributed by atoms with E-state index < -0.39 is 0 Å². The number of carbonyl (C=O) groups excluding carboxylic acids is 1. The van der Waals surface area contributed by atoms with Crippen LogP contribution in [0.25, 0.3) is 17.0 Å². The van der Waals surface area contributed by atoms with Crippen LogP contribution < -0.4 is 9.47 Å². The van der Waals surface area contributed by atoms with Crippen molar-refractivity contribution in [1.82, 2.24) is 4.98 Å². The number of aromatic nitrogens is 1. The molecule has 0 radical (unpaired) electrons. The first-order chi connectivity index (χ1) is 15.5. The van der Waals surface area contributed by atoms with Gasteiger partial charge in [-0.3, -0.25) is 9.78 Å². The van der Waals surface area contributed by atoms with E-state index in [4.69, 9.17) is 9.47 Å². The van der Waals surface area contributed by atoms with Crippen molar-refractivity contribution >= 4 is 22.8 Å². The lowest BCUT2D eigenvalue weighted by Gasteiger charge is -2.12. The molecule has 1 heterocycles. The maximum absolute atomic E-state index is 12.4. The molecule has 0 aliphatic rings. The molecule has 0 atom stereocenters. The van der Waals surface area contributed by atoms with Crippen molar-refractivity contribution < 1.29 is 24.5 Å². The van der Waals surface area contributed by atoms with E-state index >= 15 is 0 Å². The number of fused-ring (bicyclic) bond motifs is 1. The van der Waals surface area contributed by atoms with Gasteiger partial charge in [0.05, 0.1) is 12.7 Å². The molecule has 4 rings (SSSR count). The molecule has 0 aliphatic heterocycles. The predicted molar refractivity (Wildman–Crippen MR) is 122 cm³/mol. The first-order valence-corrected chi connectivity index (χ1v) is 9.93. The largest absolute Gasteiger partial charge is 0.508 e. The minimum absolute atomic E-state index is 0.107. The zero-order valence-electron chi connectivity index (χ0n) is 17.4. The number of hydrogen-bond acceptors (Lipinski definition) is 6. The summed E-state index contributed by atoms with van der Waals surface area (Å²) in [7, 11) is 1.59. The van der Waals surface area contributed by atoms with Gasteiger partial charge in [0.1, 0.15) is 35.1 Å². The average molecular weight is 427 g/mol. The van der Waals surface area contributed by atoms with Crippen LogP contribution in [0.1, 0.15) is 21.5 Å². The number of phenolic OH excluding ortho intramolecular Hbond substituents is 2. The maximum Gasteiger partial charge on any atom is 0.189 e. The highest BCUT2D eigenvalue weighted by atomic mass is 16.5. The monoisotopic (exact) mass is 427 g/mol. The van der Waals surface area contributed by atoms with Crippen LogP contribution >= 0.6 is 0 Å². The minimum atomic E-state index is -0.377. The molecule has 0 saturated carbocycles. The summed E-state index contributed by atoms with van der Waals surface area (Å²) < 4.78 is 11.5. The van der Waals surface area contributed by atoms with Crippen LogP contribution in [0, 0.1) is 0 Å². The molecule has 0 bridgehead atoms. The number of benzene rings is 3.